The molecule has 1 aliphatic rings. The second-order valence-electron chi connectivity index (χ2n) is 2.23. The van der Waals surface area contributed by atoms with Crippen LogP contribution in [0.1, 0.15) is 13.3 Å². The van der Waals surface area contributed by atoms with E-state index in [9.17, 15) is 0 Å². The van der Waals surface area contributed by atoms with Crippen molar-refractivity contribution >= 4 is 0 Å². The molecule has 0 radical (unpaired) electrons. The van der Waals surface area contributed by atoms with E-state index in [0.29, 0.717) is 0 Å². The molecule has 1 heteroatoms. The highest BCUT2D eigenvalue weighted by Gasteiger charge is 1.97. The summed E-state index contributed by atoms with van der Waals surface area (Å²) in [6.07, 6.45) is 7.12. The third-order valence-corrected chi connectivity index (χ3v) is 1.31. The first-order valence-corrected chi connectivity index (χ1v) is 3.18. The van der Waals surface area contributed by atoms with Crippen LogP contribution in [0.25, 0.3) is 0 Å². The first-order valence-electron chi connectivity index (χ1n) is 3.18. The van der Waals surface area contributed by atoms with E-state index in [-0.39, 0.29) is 6.04 Å². The SMILES string of the molecule is CC(N)C1=C=CCC=C1. The van der Waals surface area contributed by atoms with Crippen LogP contribution in [-0.2, 0) is 0 Å². The summed E-state index contributed by atoms with van der Waals surface area (Å²) in [6, 6.07) is 0.123. The van der Waals surface area contributed by atoms with Crippen LogP contribution in [0.4, 0.5) is 0 Å². The van der Waals surface area contributed by atoms with Gasteiger partial charge in [0, 0.05) is 11.6 Å². The fraction of sp³-hybridized carbons (Fsp3) is 0.375. The topological polar surface area (TPSA) is 26.0 Å². The van der Waals surface area contributed by atoms with Crippen molar-refractivity contribution in [3.63, 3.8) is 0 Å². The monoisotopic (exact) mass is 121 g/mol. The van der Waals surface area contributed by atoms with Crippen molar-refractivity contribution < 1.29 is 0 Å². The first kappa shape index (κ1) is 6.34. The number of allylic oxidation sites excluding steroid dienone is 1. The number of hydrogen-bond donors (Lipinski definition) is 1. The Morgan fingerprint density at radius 3 is 2.89 bits per heavy atom. The number of hydrogen-bond acceptors (Lipinski definition) is 1. The van der Waals surface area contributed by atoms with Crippen molar-refractivity contribution in [3.8, 4) is 0 Å². The van der Waals surface area contributed by atoms with Gasteiger partial charge in [0.1, 0.15) is 0 Å². The first-order chi connectivity index (χ1) is 4.30. The lowest BCUT2D eigenvalue weighted by Gasteiger charge is -2.03. The van der Waals surface area contributed by atoms with Gasteiger partial charge >= 0.3 is 0 Å². The zero-order valence-corrected chi connectivity index (χ0v) is 5.59. The molecule has 0 aromatic carbocycles. The average Bonchev–Trinajstić information content (AvgIpc) is 1.90. The predicted molar refractivity (Wildman–Crippen MR) is 39.0 cm³/mol. The van der Waals surface area contributed by atoms with Crippen molar-refractivity contribution in [2.24, 2.45) is 5.73 Å². The lowest BCUT2D eigenvalue weighted by Crippen LogP contribution is -2.16. The summed E-state index contributed by atoms with van der Waals surface area (Å²) >= 11 is 0. The van der Waals surface area contributed by atoms with Gasteiger partial charge < -0.3 is 5.73 Å². The van der Waals surface area contributed by atoms with Crippen LogP contribution >= 0.6 is 0 Å². The van der Waals surface area contributed by atoms with Gasteiger partial charge in [0.15, 0.2) is 0 Å². The number of nitrogens with two attached hydrogens (primary N) is 1. The van der Waals surface area contributed by atoms with Gasteiger partial charge in [0.2, 0.25) is 0 Å². The van der Waals surface area contributed by atoms with Crippen molar-refractivity contribution in [1.29, 1.82) is 0 Å². The summed E-state index contributed by atoms with van der Waals surface area (Å²) in [5.41, 5.74) is 9.79. The zero-order chi connectivity index (χ0) is 6.69. The molecular weight excluding hydrogens is 110 g/mol. The summed E-state index contributed by atoms with van der Waals surface area (Å²) in [6.45, 7) is 1.96. The molecular formula is C8H11N. The Morgan fingerprint density at radius 2 is 2.56 bits per heavy atom. The molecule has 2 N–H and O–H groups in total. The van der Waals surface area contributed by atoms with E-state index in [0.717, 1.165) is 12.0 Å². The largest absolute Gasteiger partial charge is 0.324 e. The maximum atomic E-state index is 5.60. The summed E-state index contributed by atoms with van der Waals surface area (Å²) in [5, 5.41) is 0. The molecule has 1 aliphatic carbocycles. The molecule has 1 atom stereocenters. The Labute approximate surface area is 55.6 Å². The molecule has 0 fully saturated rings. The summed E-state index contributed by atoms with van der Waals surface area (Å²) < 4.78 is 0. The molecule has 0 spiro atoms. The van der Waals surface area contributed by atoms with Crippen LogP contribution in [0.5, 0.6) is 0 Å². The van der Waals surface area contributed by atoms with E-state index in [4.69, 9.17) is 5.73 Å². The molecule has 0 aromatic rings. The maximum absolute atomic E-state index is 5.60. The lowest BCUT2D eigenvalue weighted by molar-refractivity contribution is 0.883. The average molecular weight is 121 g/mol. The number of rotatable bonds is 1. The van der Waals surface area contributed by atoms with Gasteiger partial charge in [0.05, 0.1) is 0 Å². The molecule has 0 saturated carbocycles. The normalized spacial score (nSPS) is 19.6. The van der Waals surface area contributed by atoms with E-state index in [1.807, 2.05) is 19.1 Å². The van der Waals surface area contributed by atoms with Crippen molar-refractivity contribution in [1.82, 2.24) is 0 Å². The Morgan fingerprint density at radius 1 is 1.78 bits per heavy atom. The van der Waals surface area contributed by atoms with Gasteiger partial charge in [-0.25, -0.2) is 0 Å². The summed E-state index contributed by atoms with van der Waals surface area (Å²) in [4.78, 5) is 0. The van der Waals surface area contributed by atoms with E-state index in [1.165, 1.54) is 0 Å². The molecule has 1 nitrogen and oxygen atoms in total. The zero-order valence-electron chi connectivity index (χ0n) is 5.59. The molecule has 0 saturated heterocycles. The molecule has 9 heavy (non-hydrogen) atoms. The fourth-order valence-corrected chi connectivity index (χ4v) is 0.771. The highest BCUT2D eigenvalue weighted by Crippen LogP contribution is 2.04. The quantitative estimate of drug-likeness (QED) is 0.521. The minimum Gasteiger partial charge on any atom is -0.324 e. The van der Waals surface area contributed by atoms with Crippen LogP contribution in [0.2, 0.25) is 0 Å². The Balaban J connectivity index is 2.79. The molecule has 0 bridgehead atoms. The minimum absolute atomic E-state index is 0.123. The van der Waals surface area contributed by atoms with Crippen molar-refractivity contribution in [2.75, 3.05) is 0 Å². The second-order valence-corrected chi connectivity index (χ2v) is 2.23. The van der Waals surface area contributed by atoms with Gasteiger partial charge in [0.25, 0.3) is 0 Å². The van der Waals surface area contributed by atoms with Crippen LogP contribution < -0.4 is 5.73 Å². The van der Waals surface area contributed by atoms with Crippen LogP contribution in [0, 0.1) is 0 Å². The molecule has 1 rings (SSSR count). The Kier molecular flexibility index (Phi) is 1.88. The highest BCUT2D eigenvalue weighted by molar-refractivity contribution is 5.26. The summed E-state index contributed by atoms with van der Waals surface area (Å²) in [5.74, 6) is 0. The van der Waals surface area contributed by atoms with Crippen LogP contribution in [-0.4, -0.2) is 6.04 Å². The predicted octanol–water partition coefficient (Wildman–Crippen LogP) is 1.38. The van der Waals surface area contributed by atoms with Gasteiger partial charge in [-0.1, -0.05) is 12.2 Å². The third-order valence-electron chi connectivity index (χ3n) is 1.31. The molecule has 0 aromatic heterocycles. The lowest BCUT2D eigenvalue weighted by atomic mass is 10.1. The van der Waals surface area contributed by atoms with E-state index < -0.39 is 0 Å². The van der Waals surface area contributed by atoms with Crippen LogP contribution in [0.3, 0.4) is 0 Å². The van der Waals surface area contributed by atoms with Gasteiger partial charge in [-0.2, -0.15) is 0 Å². The minimum atomic E-state index is 0.123. The standard InChI is InChI=1S/C8H11N/c1-7(9)8-5-3-2-4-6-8/h3-5,7H,2,9H2,1H3. The fourth-order valence-electron chi connectivity index (χ4n) is 0.771. The molecule has 0 amide bonds. The third kappa shape index (κ3) is 1.56. The second kappa shape index (κ2) is 2.67. The Hall–Kier alpha value is -0.780. The van der Waals surface area contributed by atoms with E-state index in [2.05, 4.69) is 11.8 Å². The van der Waals surface area contributed by atoms with E-state index in [1.54, 1.807) is 0 Å². The molecule has 0 heterocycles. The van der Waals surface area contributed by atoms with E-state index >= 15 is 0 Å². The van der Waals surface area contributed by atoms with Gasteiger partial charge in [-0.05, 0) is 19.4 Å². The Bertz CT molecular complexity index is 181. The maximum Gasteiger partial charge on any atom is 0.0339 e. The smallest absolute Gasteiger partial charge is 0.0339 e. The molecule has 48 valence electrons. The molecule has 0 aliphatic heterocycles. The van der Waals surface area contributed by atoms with Gasteiger partial charge in [-0.3, -0.25) is 0 Å². The van der Waals surface area contributed by atoms with Crippen molar-refractivity contribution in [3.05, 3.63) is 29.5 Å². The highest BCUT2D eigenvalue weighted by atomic mass is 14.6. The van der Waals surface area contributed by atoms with Crippen molar-refractivity contribution in [2.45, 2.75) is 19.4 Å². The van der Waals surface area contributed by atoms with Gasteiger partial charge in [-0.15, -0.1) is 5.73 Å². The summed E-state index contributed by atoms with van der Waals surface area (Å²) in [7, 11) is 0. The van der Waals surface area contributed by atoms with Crippen LogP contribution in [0.15, 0.2) is 29.5 Å². The molecule has 1 unspecified atom stereocenters.